The molecule has 0 bridgehead atoms. The van der Waals surface area contributed by atoms with E-state index in [9.17, 15) is 4.79 Å². The zero-order valence-electron chi connectivity index (χ0n) is 12.7. The summed E-state index contributed by atoms with van der Waals surface area (Å²) in [6.45, 7) is 8.28. The number of carbonyl (C=O) groups excluding carboxylic acids is 1. The van der Waals surface area contributed by atoms with Crippen molar-refractivity contribution < 1.29 is 9.90 Å². The van der Waals surface area contributed by atoms with Crippen LogP contribution in [0.5, 0.6) is 0 Å². The van der Waals surface area contributed by atoms with Crippen LogP contribution in [-0.4, -0.2) is 41.1 Å². The first-order valence-corrected chi connectivity index (χ1v) is 6.90. The second kappa shape index (κ2) is 7.26. The van der Waals surface area contributed by atoms with Crippen molar-refractivity contribution in [2.24, 2.45) is 0 Å². The Hall–Kier alpha value is -1.59. The number of rotatable bonds is 6. The van der Waals surface area contributed by atoms with Crippen molar-refractivity contribution in [2.45, 2.75) is 39.8 Å². The average Bonchev–Trinajstić information content (AvgIpc) is 2.39. The smallest absolute Gasteiger partial charge is 0.241 e. The number of nitrogens with zero attached hydrogens (tertiary/aromatic N) is 1. The van der Waals surface area contributed by atoms with E-state index in [1.165, 1.54) is 0 Å². The molecule has 1 atom stereocenters. The summed E-state index contributed by atoms with van der Waals surface area (Å²) in [5, 5.41) is 12.0. The Morgan fingerprint density at radius 1 is 1.40 bits per heavy atom. The van der Waals surface area contributed by atoms with Crippen molar-refractivity contribution in [3.63, 3.8) is 0 Å². The van der Waals surface area contributed by atoms with Crippen LogP contribution in [0.1, 0.15) is 26.3 Å². The minimum absolute atomic E-state index is 0.0348. The van der Waals surface area contributed by atoms with E-state index >= 15 is 0 Å². The highest BCUT2D eigenvalue weighted by Gasteiger charge is 2.23. The molecule has 1 amide bonds. The van der Waals surface area contributed by atoms with Gasteiger partial charge in [0.2, 0.25) is 5.91 Å². The average molecular weight is 279 g/mol. The summed E-state index contributed by atoms with van der Waals surface area (Å²) in [5.74, 6) is -0.0964. The zero-order chi connectivity index (χ0) is 15.3. The highest BCUT2D eigenvalue weighted by atomic mass is 16.3. The van der Waals surface area contributed by atoms with E-state index in [2.05, 4.69) is 5.32 Å². The lowest BCUT2D eigenvalue weighted by atomic mass is 10.1. The van der Waals surface area contributed by atoms with E-state index in [0.29, 0.717) is 12.2 Å². The third kappa shape index (κ3) is 4.21. The maximum Gasteiger partial charge on any atom is 0.241 e. The molecule has 4 N–H and O–H groups in total. The SMILES string of the molecule is Cc1ccc(N)cc1NC(=O)C(C)N(CCO)C(C)C. The van der Waals surface area contributed by atoms with Crippen LogP contribution in [-0.2, 0) is 4.79 Å². The van der Waals surface area contributed by atoms with Crippen LogP contribution >= 0.6 is 0 Å². The monoisotopic (exact) mass is 279 g/mol. The summed E-state index contributed by atoms with van der Waals surface area (Å²) < 4.78 is 0. The van der Waals surface area contributed by atoms with Gasteiger partial charge in [-0.1, -0.05) is 6.07 Å². The fraction of sp³-hybridized carbons (Fsp3) is 0.533. The third-order valence-electron chi connectivity index (χ3n) is 3.42. The van der Waals surface area contributed by atoms with Crippen molar-refractivity contribution in [3.8, 4) is 0 Å². The molecule has 5 heteroatoms. The molecule has 0 aromatic heterocycles. The molecule has 0 aliphatic heterocycles. The Labute approximate surface area is 120 Å². The van der Waals surface area contributed by atoms with Crippen LogP contribution in [0, 0.1) is 6.92 Å². The minimum atomic E-state index is -0.317. The normalized spacial score (nSPS) is 12.8. The highest BCUT2D eigenvalue weighted by molar-refractivity contribution is 5.95. The van der Waals surface area contributed by atoms with Crippen LogP contribution in [0.2, 0.25) is 0 Å². The third-order valence-corrected chi connectivity index (χ3v) is 3.42. The lowest BCUT2D eigenvalue weighted by Gasteiger charge is -2.31. The number of hydrogen-bond donors (Lipinski definition) is 3. The van der Waals surface area contributed by atoms with Crippen LogP contribution in [0.4, 0.5) is 11.4 Å². The number of benzene rings is 1. The number of nitrogens with two attached hydrogens (primary N) is 1. The van der Waals surface area contributed by atoms with Gasteiger partial charge in [-0.2, -0.15) is 0 Å². The van der Waals surface area contributed by atoms with Crippen molar-refractivity contribution in [3.05, 3.63) is 23.8 Å². The highest BCUT2D eigenvalue weighted by Crippen LogP contribution is 2.19. The predicted octanol–water partition coefficient (Wildman–Crippen LogP) is 1.61. The Bertz CT molecular complexity index is 460. The molecule has 1 rings (SSSR count). The van der Waals surface area contributed by atoms with Gasteiger partial charge in [0.15, 0.2) is 0 Å². The largest absolute Gasteiger partial charge is 0.399 e. The van der Waals surface area contributed by atoms with Gasteiger partial charge in [-0.3, -0.25) is 9.69 Å². The number of aliphatic hydroxyl groups is 1. The molecule has 20 heavy (non-hydrogen) atoms. The first kappa shape index (κ1) is 16.5. The Morgan fingerprint density at radius 2 is 2.05 bits per heavy atom. The van der Waals surface area contributed by atoms with E-state index in [1.807, 2.05) is 38.7 Å². The topological polar surface area (TPSA) is 78.6 Å². The van der Waals surface area contributed by atoms with Gasteiger partial charge in [-0.15, -0.1) is 0 Å². The number of amides is 1. The number of nitrogens with one attached hydrogen (secondary N) is 1. The fourth-order valence-electron chi connectivity index (χ4n) is 2.18. The van der Waals surface area contributed by atoms with Crippen molar-refractivity contribution in [1.82, 2.24) is 4.90 Å². The van der Waals surface area contributed by atoms with Gasteiger partial charge < -0.3 is 16.2 Å². The molecule has 1 aromatic carbocycles. The molecular weight excluding hydrogens is 254 g/mol. The lowest BCUT2D eigenvalue weighted by molar-refractivity contribution is -0.121. The van der Waals surface area contributed by atoms with Crippen molar-refractivity contribution in [1.29, 1.82) is 0 Å². The summed E-state index contributed by atoms with van der Waals surface area (Å²) in [7, 11) is 0. The van der Waals surface area contributed by atoms with Gasteiger partial charge in [0.25, 0.3) is 0 Å². The maximum atomic E-state index is 12.3. The Kier molecular flexibility index (Phi) is 5.98. The number of nitrogen functional groups attached to an aromatic ring is 1. The summed E-state index contributed by atoms with van der Waals surface area (Å²) in [6.07, 6.45) is 0. The first-order chi connectivity index (χ1) is 9.36. The van der Waals surface area contributed by atoms with Gasteiger partial charge >= 0.3 is 0 Å². The molecule has 0 aliphatic rings. The molecule has 0 spiro atoms. The van der Waals surface area contributed by atoms with E-state index in [0.717, 1.165) is 11.3 Å². The second-order valence-electron chi connectivity index (χ2n) is 5.29. The number of aliphatic hydroxyl groups excluding tert-OH is 1. The molecule has 0 aliphatic carbocycles. The fourth-order valence-corrected chi connectivity index (χ4v) is 2.18. The van der Waals surface area contributed by atoms with E-state index in [1.54, 1.807) is 12.1 Å². The minimum Gasteiger partial charge on any atom is -0.399 e. The van der Waals surface area contributed by atoms with Gasteiger partial charge in [-0.25, -0.2) is 0 Å². The molecule has 112 valence electrons. The number of hydrogen-bond acceptors (Lipinski definition) is 4. The molecule has 0 saturated carbocycles. The number of anilines is 2. The van der Waals surface area contributed by atoms with Crippen LogP contribution in [0.3, 0.4) is 0 Å². The second-order valence-corrected chi connectivity index (χ2v) is 5.29. The quantitative estimate of drug-likeness (QED) is 0.691. The number of carbonyl (C=O) groups is 1. The Balaban J connectivity index is 2.81. The standard InChI is InChI=1S/C15H25N3O2/c1-10(2)18(7-8-19)12(4)15(20)17-14-9-13(16)6-5-11(14)3/h5-6,9-10,12,19H,7-8,16H2,1-4H3,(H,17,20). The van der Waals surface area contributed by atoms with E-state index in [4.69, 9.17) is 10.8 Å². The van der Waals surface area contributed by atoms with Crippen LogP contribution < -0.4 is 11.1 Å². The van der Waals surface area contributed by atoms with Gasteiger partial charge in [0.1, 0.15) is 0 Å². The molecule has 5 nitrogen and oxygen atoms in total. The lowest BCUT2D eigenvalue weighted by Crippen LogP contribution is -2.47. The molecule has 1 aromatic rings. The molecular formula is C15H25N3O2. The summed E-state index contributed by atoms with van der Waals surface area (Å²) in [6, 6.07) is 5.31. The summed E-state index contributed by atoms with van der Waals surface area (Å²) in [4.78, 5) is 14.3. The molecule has 0 heterocycles. The zero-order valence-corrected chi connectivity index (χ0v) is 12.7. The van der Waals surface area contributed by atoms with Gasteiger partial charge in [0, 0.05) is 24.0 Å². The Morgan fingerprint density at radius 3 is 2.60 bits per heavy atom. The first-order valence-electron chi connectivity index (χ1n) is 6.90. The predicted molar refractivity (Wildman–Crippen MR) is 82.6 cm³/mol. The van der Waals surface area contributed by atoms with E-state index in [-0.39, 0.29) is 24.6 Å². The summed E-state index contributed by atoms with van der Waals surface area (Å²) >= 11 is 0. The van der Waals surface area contributed by atoms with E-state index < -0.39 is 0 Å². The van der Waals surface area contributed by atoms with Crippen molar-refractivity contribution >= 4 is 17.3 Å². The molecule has 1 unspecified atom stereocenters. The molecule has 0 saturated heterocycles. The number of aryl methyl sites for hydroxylation is 1. The van der Waals surface area contributed by atoms with Gasteiger partial charge in [0.05, 0.1) is 12.6 Å². The van der Waals surface area contributed by atoms with Crippen molar-refractivity contribution in [2.75, 3.05) is 24.2 Å². The summed E-state index contributed by atoms with van der Waals surface area (Å²) in [5.41, 5.74) is 8.06. The maximum absolute atomic E-state index is 12.3. The van der Waals surface area contributed by atoms with Crippen LogP contribution in [0.15, 0.2) is 18.2 Å². The molecule has 0 radical (unpaired) electrons. The molecule has 0 fully saturated rings. The van der Waals surface area contributed by atoms with Gasteiger partial charge in [-0.05, 0) is 45.4 Å². The van der Waals surface area contributed by atoms with Crippen LogP contribution in [0.25, 0.3) is 0 Å².